The normalized spacial score (nSPS) is 22.3. The van der Waals surface area contributed by atoms with Crippen molar-refractivity contribution >= 4 is 0 Å². The molecule has 0 aromatic rings. The molecule has 2 unspecified atom stereocenters. The van der Waals surface area contributed by atoms with Crippen molar-refractivity contribution in [3.8, 4) is 0 Å². The van der Waals surface area contributed by atoms with Crippen LogP contribution in [0.25, 0.3) is 0 Å². The van der Waals surface area contributed by atoms with Gasteiger partial charge in [-0.25, -0.2) is 0 Å². The van der Waals surface area contributed by atoms with Crippen LogP contribution in [-0.4, -0.2) is 29.6 Å². The molecule has 2 atom stereocenters. The Kier molecular flexibility index (Phi) is 6.65. The van der Waals surface area contributed by atoms with Gasteiger partial charge in [-0.05, 0) is 38.3 Å². The zero-order chi connectivity index (χ0) is 13.6. The van der Waals surface area contributed by atoms with Crippen LogP contribution >= 0.6 is 0 Å². The maximum atomic E-state index is 6.66. The summed E-state index contributed by atoms with van der Waals surface area (Å²) in [5.74, 6) is 0.776. The summed E-state index contributed by atoms with van der Waals surface area (Å²) < 4.78 is 0. The van der Waals surface area contributed by atoms with Crippen LogP contribution in [0.5, 0.6) is 0 Å². The average molecular weight is 254 g/mol. The average Bonchev–Trinajstić information content (AvgIpc) is 2.81. The molecule has 18 heavy (non-hydrogen) atoms. The molecule has 0 radical (unpaired) electrons. The summed E-state index contributed by atoms with van der Waals surface area (Å²) in [4.78, 5) is 2.64. The number of likely N-dealkylation sites (N-methyl/N-ethyl adjacent to an activating group) is 1. The highest BCUT2D eigenvalue weighted by Crippen LogP contribution is 2.39. The summed E-state index contributed by atoms with van der Waals surface area (Å²) in [6.45, 7) is 11.5. The topological polar surface area (TPSA) is 29.3 Å². The predicted octanol–water partition coefficient (Wildman–Crippen LogP) is 3.79. The van der Waals surface area contributed by atoms with E-state index in [2.05, 4.69) is 32.6 Å². The van der Waals surface area contributed by atoms with E-state index in [9.17, 15) is 0 Å². The van der Waals surface area contributed by atoms with Crippen LogP contribution in [0.15, 0.2) is 0 Å². The second-order valence-electron chi connectivity index (χ2n) is 6.22. The van der Waals surface area contributed by atoms with Gasteiger partial charge in [0.05, 0.1) is 0 Å². The lowest BCUT2D eigenvalue weighted by Gasteiger charge is -2.45. The maximum absolute atomic E-state index is 6.66. The second-order valence-corrected chi connectivity index (χ2v) is 6.22. The molecule has 1 aliphatic carbocycles. The lowest BCUT2D eigenvalue weighted by atomic mass is 9.81. The quantitative estimate of drug-likeness (QED) is 0.714. The van der Waals surface area contributed by atoms with Crippen molar-refractivity contribution < 1.29 is 0 Å². The first-order valence-electron chi connectivity index (χ1n) is 8.11. The summed E-state index contributed by atoms with van der Waals surface area (Å²) in [7, 11) is 0. The van der Waals surface area contributed by atoms with Gasteiger partial charge in [0.2, 0.25) is 0 Å². The minimum Gasteiger partial charge on any atom is -0.326 e. The van der Waals surface area contributed by atoms with Crippen molar-refractivity contribution in [3.05, 3.63) is 0 Å². The van der Waals surface area contributed by atoms with Gasteiger partial charge >= 0.3 is 0 Å². The number of hydrogen-bond acceptors (Lipinski definition) is 2. The summed E-state index contributed by atoms with van der Waals surface area (Å²) in [5.41, 5.74) is 6.97. The summed E-state index contributed by atoms with van der Waals surface area (Å²) >= 11 is 0. The van der Waals surface area contributed by atoms with Crippen LogP contribution in [0, 0.1) is 5.92 Å². The van der Waals surface area contributed by atoms with E-state index in [-0.39, 0.29) is 0 Å². The third-order valence-electron chi connectivity index (χ3n) is 4.99. The molecule has 1 rings (SSSR count). The van der Waals surface area contributed by atoms with Crippen molar-refractivity contribution in [2.45, 2.75) is 84.2 Å². The first-order chi connectivity index (χ1) is 8.60. The van der Waals surface area contributed by atoms with Gasteiger partial charge in [-0.2, -0.15) is 0 Å². The van der Waals surface area contributed by atoms with Gasteiger partial charge in [0.25, 0.3) is 0 Å². The van der Waals surface area contributed by atoms with E-state index >= 15 is 0 Å². The SMILES string of the molecule is CCCC(C)CC(N)C1(N(CC)CC)CCCC1. The molecule has 2 nitrogen and oxygen atoms in total. The Bertz CT molecular complexity index is 217. The molecule has 0 heterocycles. The smallest absolute Gasteiger partial charge is 0.0360 e. The van der Waals surface area contributed by atoms with Gasteiger partial charge in [-0.1, -0.05) is 53.4 Å². The van der Waals surface area contributed by atoms with E-state index in [0.717, 1.165) is 19.0 Å². The number of rotatable bonds is 8. The summed E-state index contributed by atoms with van der Waals surface area (Å²) in [6, 6.07) is 0.362. The molecular formula is C16H34N2. The first-order valence-corrected chi connectivity index (χ1v) is 8.11. The highest BCUT2D eigenvalue weighted by atomic mass is 15.2. The number of nitrogens with two attached hydrogens (primary N) is 1. The minimum atomic E-state index is 0.311. The Morgan fingerprint density at radius 3 is 2.11 bits per heavy atom. The van der Waals surface area contributed by atoms with Crippen LogP contribution in [0.1, 0.15) is 72.6 Å². The Morgan fingerprint density at radius 1 is 1.11 bits per heavy atom. The molecule has 2 heteroatoms. The van der Waals surface area contributed by atoms with Gasteiger partial charge in [0.15, 0.2) is 0 Å². The van der Waals surface area contributed by atoms with E-state index in [4.69, 9.17) is 5.73 Å². The monoisotopic (exact) mass is 254 g/mol. The predicted molar refractivity (Wildman–Crippen MR) is 80.8 cm³/mol. The molecule has 0 saturated heterocycles. The highest BCUT2D eigenvalue weighted by molar-refractivity contribution is 5.02. The largest absolute Gasteiger partial charge is 0.326 e. The van der Waals surface area contributed by atoms with Gasteiger partial charge in [0, 0.05) is 11.6 Å². The number of hydrogen-bond donors (Lipinski definition) is 1. The van der Waals surface area contributed by atoms with Crippen LogP contribution in [0.4, 0.5) is 0 Å². The standard InChI is InChI=1S/C16H34N2/c1-5-10-14(4)13-15(17)16(11-8-9-12-16)18(6-2)7-3/h14-15H,5-13,17H2,1-4H3. The number of nitrogens with zero attached hydrogens (tertiary/aromatic N) is 1. The third-order valence-corrected chi connectivity index (χ3v) is 4.99. The van der Waals surface area contributed by atoms with Gasteiger partial charge < -0.3 is 5.73 Å². The van der Waals surface area contributed by atoms with E-state index in [0.29, 0.717) is 11.6 Å². The Morgan fingerprint density at radius 2 is 1.67 bits per heavy atom. The Hall–Kier alpha value is -0.0800. The fourth-order valence-corrected chi connectivity index (χ4v) is 4.03. The molecule has 0 aliphatic heterocycles. The van der Waals surface area contributed by atoms with Crippen LogP contribution < -0.4 is 5.73 Å². The summed E-state index contributed by atoms with van der Waals surface area (Å²) in [6.07, 6.45) is 9.17. The third kappa shape index (κ3) is 3.48. The molecule has 0 aromatic carbocycles. The first kappa shape index (κ1) is 16.0. The molecule has 1 aliphatic rings. The fourth-order valence-electron chi connectivity index (χ4n) is 4.03. The van der Waals surface area contributed by atoms with E-state index in [1.54, 1.807) is 0 Å². The van der Waals surface area contributed by atoms with Crippen molar-refractivity contribution in [2.75, 3.05) is 13.1 Å². The molecule has 108 valence electrons. The lowest BCUT2D eigenvalue weighted by molar-refractivity contribution is 0.0683. The molecule has 0 spiro atoms. The van der Waals surface area contributed by atoms with Crippen molar-refractivity contribution in [2.24, 2.45) is 11.7 Å². The fraction of sp³-hybridized carbons (Fsp3) is 1.00. The Balaban J connectivity index is 2.71. The van der Waals surface area contributed by atoms with Crippen molar-refractivity contribution in [3.63, 3.8) is 0 Å². The zero-order valence-electron chi connectivity index (χ0n) is 13.0. The molecule has 2 N–H and O–H groups in total. The molecule has 0 amide bonds. The molecule has 1 saturated carbocycles. The van der Waals surface area contributed by atoms with E-state index in [1.807, 2.05) is 0 Å². The van der Waals surface area contributed by atoms with Gasteiger partial charge in [0.1, 0.15) is 0 Å². The molecule has 0 bridgehead atoms. The van der Waals surface area contributed by atoms with Gasteiger partial charge in [-0.3, -0.25) is 4.90 Å². The maximum Gasteiger partial charge on any atom is 0.0360 e. The van der Waals surface area contributed by atoms with Crippen LogP contribution in [0.2, 0.25) is 0 Å². The lowest BCUT2D eigenvalue weighted by Crippen LogP contribution is -2.58. The van der Waals surface area contributed by atoms with Crippen LogP contribution in [-0.2, 0) is 0 Å². The van der Waals surface area contributed by atoms with E-state index in [1.165, 1.54) is 44.9 Å². The Labute approximate surface area is 114 Å². The summed E-state index contributed by atoms with van der Waals surface area (Å²) in [5, 5.41) is 0. The zero-order valence-corrected chi connectivity index (χ0v) is 13.0. The van der Waals surface area contributed by atoms with Crippen LogP contribution in [0.3, 0.4) is 0 Å². The van der Waals surface area contributed by atoms with Crippen molar-refractivity contribution in [1.29, 1.82) is 0 Å². The van der Waals surface area contributed by atoms with Gasteiger partial charge in [-0.15, -0.1) is 0 Å². The highest BCUT2D eigenvalue weighted by Gasteiger charge is 2.43. The van der Waals surface area contributed by atoms with E-state index < -0.39 is 0 Å². The molecule has 0 aromatic heterocycles. The molecule has 1 fully saturated rings. The molecular weight excluding hydrogens is 220 g/mol. The minimum absolute atomic E-state index is 0.311. The second kappa shape index (κ2) is 7.49. The van der Waals surface area contributed by atoms with Crippen molar-refractivity contribution in [1.82, 2.24) is 4.90 Å².